The van der Waals surface area contributed by atoms with E-state index in [2.05, 4.69) is 57.3 Å². The maximum Gasteiger partial charge on any atom is 0.0769 e. The van der Waals surface area contributed by atoms with Gasteiger partial charge in [-0.25, -0.2) is 0 Å². The van der Waals surface area contributed by atoms with E-state index in [1.165, 1.54) is 11.1 Å². The van der Waals surface area contributed by atoms with Gasteiger partial charge in [0, 0.05) is 6.61 Å². The highest BCUT2D eigenvalue weighted by atomic mass is 16.5. The van der Waals surface area contributed by atoms with Crippen LogP contribution < -0.4 is 5.32 Å². The number of likely N-dealkylation sites (N-methyl/N-ethyl adjacent to an activating group) is 1. The summed E-state index contributed by atoms with van der Waals surface area (Å²) in [5, 5.41) is 3.57. The predicted octanol–water partition coefficient (Wildman–Crippen LogP) is 3.85. The van der Waals surface area contributed by atoms with Gasteiger partial charge in [0.05, 0.1) is 12.1 Å². The van der Waals surface area contributed by atoms with Crippen LogP contribution in [0.4, 0.5) is 0 Å². The first-order valence-corrected chi connectivity index (χ1v) is 7.14. The van der Waals surface area contributed by atoms with Crippen molar-refractivity contribution < 1.29 is 4.74 Å². The Hall–Kier alpha value is -0.860. The Bertz CT molecular complexity index is 332. The molecule has 18 heavy (non-hydrogen) atoms. The van der Waals surface area contributed by atoms with Gasteiger partial charge in [-0.05, 0) is 32.4 Å². The van der Waals surface area contributed by atoms with E-state index in [1.54, 1.807) is 0 Å². The van der Waals surface area contributed by atoms with Crippen molar-refractivity contribution in [3.63, 3.8) is 0 Å². The van der Waals surface area contributed by atoms with Crippen LogP contribution in [0.1, 0.15) is 50.8 Å². The lowest BCUT2D eigenvalue weighted by Gasteiger charge is -2.28. The molecule has 1 rings (SSSR count). The van der Waals surface area contributed by atoms with Gasteiger partial charge in [-0.15, -0.1) is 0 Å². The van der Waals surface area contributed by atoms with E-state index in [-0.39, 0.29) is 6.10 Å². The van der Waals surface area contributed by atoms with Crippen LogP contribution in [0.3, 0.4) is 0 Å². The van der Waals surface area contributed by atoms with E-state index in [9.17, 15) is 0 Å². The summed E-state index contributed by atoms with van der Waals surface area (Å²) >= 11 is 0. The lowest BCUT2D eigenvalue weighted by atomic mass is 9.96. The Kier molecular flexibility index (Phi) is 6.99. The number of aryl methyl sites for hydroxylation is 1. The first kappa shape index (κ1) is 15.2. The molecule has 0 heterocycles. The molecule has 2 unspecified atom stereocenters. The fraction of sp³-hybridized carbons (Fsp3) is 0.625. The maximum atomic E-state index is 5.93. The van der Waals surface area contributed by atoms with Crippen molar-refractivity contribution in [2.45, 2.75) is 52.7 Å². The third kappa shape index (κ3) is 4.43. The summed E-state index contributed by atoms with van der Waals surface area (Å²) in [5.74, 6) is 0. The molecule has 2 nitrogen and oxygen atoms in total. The highest BCUT2D eigenvalue weighted by molar-refractivity contribution is 5.26. The fourth-order valence-corrected chi connectivity index (χ4v) is 2.39. The Morgan fingerprint density at radius 3 is 2.56 bits per heavy atom. The molecule has 0 spiro atoms. The molecule has 2 heteroatoms. The third-order valence-corrected chi connectivity index (χ3v) is 3.15. The molecular formula is C16H27NO. The van der Waals surface area contributed by atoms with Crippen molar-refractivity contribution >= 4 is 0 Å². The van der Waals surface area contributed by atoms with Gasteiger partial charge in [0.25, 0.3) is 0 Å². The monoisotopic (exact) mass is 249 g/mol. The number of nitrogens with one attached hydrogen (secondary N) is 1. The molecule has 0 radical (unpaired) electrons. The first-order valence-electron chi connectivity index (χ1n) is 7.14. The molecule has 0 bridgehead atoms. The molecule has 0 aliphatic heterocycles. The molecule has 0 saturated carbocycles. The van der Waals surface area contributed by atoms with Gasteiger partial charge in [-0.3, -0.25) is 0 Å². The summed E-state index contributed by atoms with van der Waals surface area (Å²) in [7, 11) is 0. The van der Waals surface area contributed by atoms with Crippen molar-refractivity contribution in [1.29, 1.82) is 0 Å². The minimum Gasteiger partial charge on any atom is -0.377 e. The van der Waals surface area contributed by atoms with Crippen LogP contribution in [0.25, 0.3) is 0 Å². The predicted molar refractivity (Wildman–Crippen MR) is 77.9 cm³/mol. The van der Waals surface area contributed by atoms with Gasteiger partial charge in [0.2, 0.25) is 0 Å². The second kappa shape index (κ2) is 8.28. The Labute approximate surface area is 112 Å². The molecule has 0 aliphatic carbocycles. The van der Waals surface area contributed by atoms with Gasteiger partial charge < -0.3 is 10.1 Å². The van der Waals surface area contributed by atoms with E-state index in [0.717, 1.165) is 26.0 Å². The SMILES string of the molecule is CCCC(OCC)C(NCC)c1cccc(C)c1. The zero-order valence-electron chi connectivity index (χ0n) is 12.2. The quantitative estimate of drug-likeness (QED) is 0.755. The number of benzene rings is 1. The van der Waals surface area contributed by atoms with Crippen molar-refractivity contribution in [2.75, 3.05) is 13.2 Å². The van der Waals surface area contributed by atoms with E-state index in [0.29, 0.717) is 6.04 Å². The van der Waals surface area contributed by atoms with E-state index >= 15 is 0 Å². The average molecular weight is 249 g/mol. The average Bonchev–Trinajstić information content (AvgIpc) is 2.36. The Morgan fingerprint density at radius 1 is 1.22 bits per heavy atom. The number of ether oxygens (including phenoxy) is 1. The van der Waals surface area contributed by atoms with Crippen molar-refractivity contribution in [3.05, 3.63) is 35.4 Å². The summed E-state index contributed by atoms with van der Waals surface area (Å²) in [6.07, 6.45) is 2.51. The zero-order valence-corrected chi connectivity index (χ0v) is 12.2. The molecule has 0 saturated heterocycles. The van der Waals surface area contributed by atoms with Crippen LogP contribution in [0, 0.1) is 6.92 Å². The topological polar surface area (TPSA) is 21.3 Å². The lowest BCUT2D eigenvalue weighted by molar-refractivity contribution is 0.0280. The van der Waals surface area contributed by atoms with Crippen molar-refractivity contribution in [3.8, 4) is 0 Å². The summed E-state index contributed by atoms with van der Waals surface area (Å²) < 4.78 is 5.93. The molecular weight excluding hydrogens is 222 g/mol. The highest BCUT2D eigenvalue weighted by Gasteiger charge is 2.22. The van der Waals surface area contributed by atoms with E-state index < -0.39 is 0 Å². The number of rotatable bonds is 8. The number of hydrogen-bond donors (Lipinski definition) is 1. The van der Waals surface area contributed by atoms with Gasteiger partial charge in [0.15, 0.2) is 0 Å². The molecule has 0 aliphatic rings. The van der Waals surface area contributed by atoms with Gasteiger partial charge >= 0.3 is 0 Å². The lowest BCUT2D eigenvalue weighted by Crippen LogP contribution is -2.34. The van der Waals surface area contributed by atoms with E-state index in [4.69, 9.17) is 4.74 Å². The summed E-state index contributed by atoms with van der Waals surface area (Å²) in [6, 6.07) is 9.03. The molecule has 2 atom stereocenters. The summed E-state index contributed by atoms with van der Waals surface area (Å²) in [4.78, 5) is 0. The molecule has 0 amide bonds. The smallest absolute Gasteiger partial charge is 0.0769 e. The number of hydrogen-bond acceptors (Lipinski definition) is 2. The molecule has 1 aromatic rings. The molecule has 1 N–H and O–H groups in total. The molecule has 0 aromatic heterocycles. The van der Waals surface area contributed by atoms with Crippen LogP contribution in [0.2, 0.25) is 0 Å². The van der Waals surface area contributed by atoms with Crippen LogP contribution in [0.15, 0.2) is 24.3 Å². The molecule has 1 aromatic carbocycles. The molecule has 102 valence electrons. The Balaban J connectivity index is 2.91. The van der Waals surface area contributed by atoms with E-state index in [1.807, 2.05) is 0 Å². The Morgan fingerprint density at radius 2 is 2.00 bits per heavy atom. The fourth-order valence-electron chi connectivity index (χ4n) is 2.39. The summed E-state index contributed by atoms with van der Waals surface area (Å²) in [5.41, 5.74) is 2.64. The van der Waals surface area contributed by atoms with Crippen LogP contribution >= 0.6 is 0 Å². The standard InChI is InChI=1S/C16H27NO/c1-5-9-15(18-7-3)16(17-6-2)14-11-8-10-13(4)12-14/h8,10-12,15-17H,5-7,9H2,1-4H3. The molecule has 0 fully saturated rings. The van der Waals surface area contributed by atoms with Crippen molar-refractivity contribution in [2.24, 2.45) is 0 Å². The minimum atomic E-state index is 0.266. The minimum absolute atomic E-state index is 0.266. The van der Waals surface area contributed by atoms with Crippen LogP contribution in [0.5, 0.6) is 0 Å². The second-order valence-electron chi connectivity index (χ2n) is 4.73. The van der Waals surface area contributed by atoms with Gasteiger partial charge in [0.1, 0.15) is 0 Å². The highest BCUT2D eigenvalue weighted by Crippen LogP contribution is 2.23. The normalized spacial score (nSPS) is 14.4. The first-order chi connectivity index (χ1) is 8.72. The van der Waals surface area contributed by atoms with Gasteiger partial charge in [-0.2, -0.15) is 0 Å². The van der Waals surface area contributed by atoms with Gasteiger partial charge in [-0.1, -0.05) is 50.1 Å². The largest absolute Gasteiger partial charge is 0.377 e. The third-order valence-electron chi connectivity index (χ3n) is 3.15. The maximum absolute atomic E-state index is 5.93. The van der Waals surface area contributed by atoms with Crippen molar-refractivity contribution in [1.82, 2.24) is 5.32 Å². The van der Waals surface area contributed by atoms with Crippen LogP contribution in [-0.4, -0.2) is 19.3 Å². The second-order valence-corrected chi connectivity index (χ2v) is 4.73. The summed E-state index contributed by atoms with van der Waals surface area (Å²) in [6.45, 7) is 10.3. The zero-order chi connectivity index (χ0) is 13.4. The van der Waals surface area contributed by atoms with Crippen LogP contribution in [-0.2, 0) is 4.74 Å².